The van der Waals surface area contributed by atoms with Crippen molar-refractivity contribution in [2.24, 2.45) is 0 Å². The van der Waals surface area contributed by atoms with Gasteiger partial charge in [-0.2, -0.15) is 0 Å². The molecule has 25 heavy (non-hydrogen) atoms. The molecule has 0 spiro atoms. The second-order valence-corrected chi connectivity index (χ2v) is 6.07. The van der Waals surface area contributed by atoms with Crippen LogP contribution in [-0.2, 0) is 9.53 Å². The molecule has 0 bridgehead atoms. The third-order valence-corrected chi connectivity index (χ3v) is 4.06. The highest BCUT2D eigenvalue weighted by molar-refractivity contribution is 6.32. The predicted molar refractivity (Wildman–Crippen MR) is 98.1 cm³/mol. The molecule has 1 atom stereocenters. The Bertz CT molecular complexity index is 754. The van der Waals surface area contributed by atoms with Crippen LogP contribution >= 0.6 is 11.6 Å². The number of carbonyl (C=O) groups is 2. The first-order valence-electron chi connectivity index (χ1n) is 8.06. The number of ether oxygens (including phenoxy) is 1. The van der Waals surface area contributed by atoms with Crippen molar-refractivity contribution in [3.05, 3.63) is 58.4 Å². The quantitative estimate of drug-likeness (QED) is 0.598. The van der Waals surface area contributed by atoms with E-state index in [0.29, 0.717) is 17.8 Å². The molecule has 132 valence electrons. The predicted octanol–water partition coefficient (Wildman–Crippen LogP) is 3.95. The van der Waals surface area contributed by atoms with Gasteiger partial charge in [0.1, 0.15) is 5.15 Å². The highest BCUT2D eigenvalue weighted by atomic mass is 35.5. The second kappa shape index (κ2) is 8.12. The number of likely N-dealkylation sites (N-methyl/N-ethyl adjacent to an activating group) is 1. The minimum Gasteiger partial charge on any atom is -0.449 e. The average Bonchev–Trinajstić information content (AvgIpc) is 2.55. The summed E-state index contributed by atoms with van der Waals surface area (Å²) < 4.78 is 5.35. The molecule has 0 unspecified atom stereocenters. The topological polar surface area (TPSA) is 59.5 Å². The number of para-hydroxylation sites is 1. The third kappa shape index (κ3) is 4.37. The number of amides is 1. The highest BCUT2D eigenvalue weighted by Crippen LogP contribution is 2.21. The minimum absolute atomic E-state index is 0.0811. The Balaban J connectivity index is 2.17. The summed E-state index contributed by atoms with van der Waals surface area (Å²) in [5, 5.41) is 0.0811. The smallest absolute Gasteiger partial charge is 0.342 e. The first-order chi connectivity index (χ1) is 11.8. The van der Waals surface area contributed by atoms with Crippen molar-refractivity contribution in [3.63, 3.8) is 0 Å². The molecule has 1 aromatic carbocycles. The molecule has 0 aliphatic rings. The molecule has 1 aromatic heterocycles. The molecule has 0 aliphatic carbocycles. The average molecular weight is 361 g/mol. The molecular weight excluding hydrogens is 340 g/mol. The lowest BCUT2D eigenvalue weighted by Gasteiger charge is -2.24. The Kier molecular flexibility index (Phi) is 6.15. The Morgan fingerprint density at radius 3 is 2.44 bits per heavy atom. The lowest BCUT2D eigenvalue weighted by molar-refractivity contribution is -0.126. The summed E-state index contributed by atoms with van der Waals surface area (Å²) in [5.74, 6) is -0.948. The number of esters is 1. The van der Waals surface area contributed by atoms with Crippen molar-refractivity contribution in [2.75, 3.05) is 11.4 Å². The zero-order chi connectivity index (χ0) is 18.6. The SMILES string of the molecule is CCN(C(=O)[C@@H](C)OC(=O)c1c(C)cc(C)nc1Cl)c1ccccc1. The number of aromatic nitrogens is 1. The van der Waals surface area contributed by atoms with Crippen LogP contribution in [0.2, 0.25) is 5.15 Å². The van der Waals surface area contributed by atoms with Crippen LogP contribution in [0.5, 0.6) is 0 Å². The second-order valence-electron chi connectivity index (χ2n) is 5.71. The number of benzene rings is 1. The van der Waals surface area contributed by atoms with Crippen LogP contribution in [0.3, 0.4) is 0 Å². The van der Waals surface area contributed by atoms with Crippen molar-refractivity contribution >= 4 is 29.2 Å². The molecule has 0 fully saturated rings. The molecular formula is C19H21ClN2O3. The molecule has 0 radical (unpaired) electrons. The summed E-state index contributed by atoms with van der Waals surface area (Å²) in [5.41, 5.74) is 2.32. The van der Waals surface area contributed by atoms with Gasteiger partial charge in [-0.15, -0.1) is 0 Å². The van der Waals surface area contributed by atoms with Gasteiger partial charge in [-0.1, -0.05) is 29.8 Å². The third-order valence-electron chi connectivity index (χ3n) is 3.79. The summed E-state index contributed by atoms with van der Waals surface area (Å²) in [4.78, 5) is 30.8. The number of hydrogen-bond acceptors (Lipinski definition) is 4. The van der Waals surface area contributed by atoms with Crippen LogP contribution in [0.1, 0.15) is 35.5 Å². The van der Waals surface area contributed by atoms with Gasteiger partial charge >= 0.3 is 5.97 Å². The van der Waals surface area contributed by atoms with Crippen LogP contribution in [0.15, 0.2) is 36.4 Å². The van der Waals surface area contributed by atoms with Crippen LogP contribution in [0.4, 0.5) is 5.69 Å². The molecule has 0 saturated heterocycles. The van der Waals surface area contributed by atoms with E-state index in [2.05, 4.69) is 4.98 Å². The molecule has 0 aliphatic heterocycles. The van der Waals surface area contributed by atoms with Gasteiger partial charge in [0.25, 0.3) is 5.91 Å². The number of pyridine rings is 1. The number of halogens is 1. The van der Waals surface area contributed by atoms with E-state index in [1.165, 1.54) is 0 Å². The van der Waals surface area contributed by atoms with Crippen molar-refractivity contribution in [3.8, 4) is 0 Å². The fraction of sp³-hybridized carbons (Fsp3) is 0.316. The summed E-state index contributed by atoms with van der Waals surface area (Å²) in [7, 11) is 0. The Labute approximate surface area is 152 Å². The van der Waals surface area contributed by atoms with Gasteiger partial charge < -0.3 is 9.64 Å². The van der Waals surface area contributed by atoms with Gasteiger partial charge in [0.15, 0.2) is 6.10 Å². The first kappa shape index (κ1) is 18.9. The van der Waals surface area contributed by atoms with E-state index in [4.69, 9.17) is 16.3 Å². The van der Waals surface area contributed by atoms with Crippen molar-refractivity contribution < 1.29 is 14.3 Å². The van der Waals surface area contributed by atoms with Crippen LogP contribution in [-0.4, -0.2) is 29.5 Å². The van der Waals surface area contributed by atoms with E-state index in [1.54, 1.807) is 31.7 Å². The minimum atomic E-state index is -0.940. The van der Waals surface area contributed by atoms with Gasteiger partial charge in [-0.25, -0.2) is 9.78 Å². The Morgan fingerprint density at radius 1 is 1.24 bits per heavy atom. The summed E-state index contributed by atoms with van der Waals surface area (Å²) >= 11 is 6.07. The van der Waals surface area contributed by atoms with Gasteiger partial charge in [0.05, 0.1) is 5.56 Å². The largest absolute Gasteiger partial charge is 0.449 e. The number of carbonyl (C=O) groups excluding carboxylic acids is 2. The molecule has 5 nitrogen and oxygen atoms in total. The van der Waals surface area contributed by atoms with Crippen LogP contribution in [0, 0.1) is 13.8 Å². The number of aryl methyl sites for hydroxylation is 2. The van der Waals surface area contributed by atoms with E-state index < -0.39 is 12.1 Å². The highest BCUT2D eigenvalue weighted by Gasteiger charge is 2.26. The maximum absolute atomic E-state index is 12.7. The first-order valence-corrected chi connectivity index (χ1v) is 8.44. The molecule has 1 amide bonds. The zero-order valence-electron chi connectivity index (χ0n) is 14.7. The monoisotopic (exact) mass is 360 g/mol. The number of rotatable bonds is 5. The normalized spacial score (nSPS) is 11.7. The lowest BCUT2D eigenvalue weighted by Crippen LogP contribution is -2.40. The lowest BCUT2D eigenvalue weighted by atomic mass is 10.1. The standard InChI is InChI=1S/C19H21ClN2O3/c1-5-22(15-9-7-6-8-10-15)18(23)14(4)25-19(24)16-12(2)11-13(3)21-17(16)20/h6-11,14H,5H2,1-4H3/t14-/m1/s1. The van der Waals surface area contributed by atoms with Crippen molar-refractivity contribution in [1.29, 1.82) is 0 Å². The molecule has 1 heterocycles. The Morgan fingerprint density at radius 2 is 1.88 bits per heavy atom. The summed E-state index contributed by atoms with van der Waals surface area (Å²) in [6.45, 7) is 7.43. The van der Waals surface area contributed by atoms with E-state index >= 15 is 0 Å². The molecule has 0 N–H and O–H groups in total. The molecule has 2 rings (SSSR count). The maximum Gasteiger partial charge on any atom is 0.342 e. The number of hydrogen-bond donors (Lipinski definition) is 0. The van der Waals surface area contributed by atoms with E-state index in [1.807, 2.05) is 37.3 Å². The van der Waals surface area contributed by atoms with Crippen molar-refractivity contribution in [2.45, 2.75) is 33.8 Å². The van der Waals surface area contributed by atoms with Gasteiger partial charge in [-0.05, 0) is 51.5 Å². The van der Waals surface area contributed by atoms with Gasteiger partial charge in [-0.3, -0.25) is 4.79 Å². The van der Waals surface area contributed by atoms with Crippen LogP contribution < -0.4 is 4.90 Å². The fourth-order valence-corrected chi connectivity index (χ4v) is 2.96. The maximum atomic E-state index is 12.7. The van der Waals surface area contributed by atoms with Gasteiger partial charge in [0, 0.05) is 17.9 Å². The number of nitrogens with zero attached hydrogens (tertiary/aromatic N) is 2. The van der Waals surface area contributed by atoms with Crippen LogP contribution in [0.25, 0.3) is 0 Å². The Hall–Kier alpha value is -2.40. The van der Waals surface area contributed by atoms with E-state index in [0.717, 1.165) is 5.69 Å². The zero-order valence-corrected chi connectivity index (χ0v) is 15.5. The molecule has 6 heteroatoms. The fourth-order valence-electron chi connectivity index (χ4n) is 2.60. The summed E-state index contributed by atoms with van der Waals surface area (Å²) in [6, 6.07) is 11.0. The van der Waals surface area contributed by atoms with E-state index in [9.17, 15) is 9.59 Å². The van der Waals surface area contributed by atoms with Gasteiger partial charge in [0.2, 0.25) is 0 Å². The number of anilines is 1. The van der Waals surface area contributed by atoms with Crippen molar-refractivity contribution in [1.82, 2.24) is 4.98 Å². The summed E-state index contributed by atoms with van der Waals surface area (Å²) in [6.07, 6.45) is -0.940. The molecule has 2 aromatic rings. The molecule has 0 saturated carbocycles. The van der Waals surface area contributed by atoms with E-state index in [-0.39, 0.29) is 16.6 Å².